The normalized spacial score (nSPS) is 15.8. The van der Waals surface area contributed by atoms with Gasteiger partial charge in [-0.2, -0.15) is 0 Å². The summed E-state index contributed by atoms with van der Waals surface area (Å²) >= 11 is 0. The molecule has 0 N–H and O–H groups in total. The topological polar surface area (TPSA) is 55.4 Å². The Labute approximate surface area is 360 Å². The first-order chi connectivity index (χ1) is 27.2. The summed E-state index contributed by atoms with van der Waals surface area (Å²) in [5, 5.41) is 3.87. The molecule has 6 nitrogen and oxygen atoms in total. The van der Waals surface area contributed by atoms with Gasteiger partial charge < -0.3 is 28.4 Å². The van der Waals surface area contributed by atoms with Crippen LogP contribution in [0.4, 0.5) is 0 Å². The molecule has 4 rings (SSSR count). The van der Waals surface area contributed by atoms with Crippen molar-refractivity contribution >= 4 is 26.4 Å². The highest BCUT2D eigenvalue weighted by atomic mass is 28.3. The SMILES string of the molecule is C1=COCC1.C1CCOCC1.C=C(OCCCC)[SiH](C(C)C)C(C)C.C=COCCCC.CC(C)[SiH](C1=CCCCO1)C(C)C.CC(C)[SiH](C1=CCCO1)C(C)C. The van der Waals surface area contributed by atoms with Gasteiger partial charge in [-0.1, -0.05) is 129 Å². The molecular formula is C48H96O6Si3. The minimum Gasteiger partial charge on any atom is -0.504 e. The van der Waals surface area contributed by atoms with Crippen molar-refractivity contribution in [2.45, 2.75) is 201 Å². The van der Waals surface area contributed by atoms with Crippen LogP contribution in [0, 0.1) is 0 Å². The first-order valence-electron chi connectivity index (χ1n) is 23.2. The largest absolute Gasteiger partial charge is 0.504 e. The van der Waals surface area contributed by atoms with Gasteiger partial charge in [-0.15, -0.1) is 0 Å². The maximum absolute atomic E-state index is 5.79. The van der Waals surface area contributed by atoms with Gasteiger partial charge in [0.05, 0.1) is 61.7 Å². The Bertz CT molecular complexity index is 992. The Morgan fingerprint density at radius 2 is 1.14 bits per heavy atom. The minimum atomic E-state index is -0.934. The molecule has 0 aliphatic carbocycles. The van der Waals surface area contributed by atoms with Gasteiger partial charge in [-0.25, -0.2) is 0 Å². The van der Waals surface area contributed by atoms with Gasteiger partial charge in [0.2, 0.25) is 0 Å². The third-order valence-electron chi connectivity index (χ3n) is 10.2. The molecule has 9 heteroatoms. The number of hydrogen-bond donors (Lipinski definition) is 0. The molecule has 0 saturated carbocycles. The zero-order valence-electron chi connectivity index (χ0n) is 40.2. The number of unbranched alkanes of at least 4 members (excludes halogenated alkanes) is 2. The second-order valence-corrected chi connectivity index (χ2v) is 30.6. The fourth-order valence-corrected chi connectivity index (χ4v) is 18.2. The highest BCUT2D eigenvalue weighted by Crippen LogP contribution is 2.30. The molecule has 4 aliphatic rings. The second kappa shape index (κ2) is 38.5. The number of hydrogen-bond acceptors (Lipinski definition) is 6. The summed E-state index contributed by atoms with van der Waals surface area (Å²) in [4.78, 5) is 0. The molecule has 0 radical (unpaired) electrons. The van der Waals surface area contributed by atoms with Crippen molar-refractivity contribution in [2.24, 2.45) is 0 Å². The summed E-state index contributed by atoms with van der Waals surface area (Å²) in [6.07, 6.45) is 23.2. The Hall–Kier alpha value is -1.69. The zero-order chi connectivity index (χ0) is 43.4. The van der Waals surface area contributed by atoms with Gasteiger partial charge in [-0.05, 0) is 90.3 Å². The molecule has 0 aromatic heterocycles. The molecule has 0 bridgehead atoms. The van der Waals surface area contributed by atoms with Gasteiger partial charge in [-0.3, -0.25) is 0 Å². The van der Waals surface area contributed by atoms with E-state index >= 15 is 0 Å². The Morgan fingerprint density at radius 3 is 1.44 bits per heavy atom. The lowest BCUT2D eigenvalue weighted by Crippen LogP contribution is -2.27. The second-order valence-electron chi connectivity index (χ2n) is 17.6. The van der Waals surface area contributed by atoms with Crippen LogP contribution in [0.3, 0.4) is 0 Å². The molecule has 0 aromatic rings. The molecule has 1 saturated heterocycles. The predicted molar refractivity (Wildman–Crippen MR) is 259 cm³/mol. The maximum Gasteiger partial charge on any atom is 0.120 e. The molecule has 1 fully saturated rings. The van der Waals surface area contributed by atoms with Gasteiger partial charge in [0.15, 0.2) is 0 Å². The average molecular weight is 854 g/mol. The van der Waals surface area contributed by atoms with Crippen LogP contribution in [-0.2, 0) is 28.4 Å². The molecule has 336 valence electrons. The van der Waals surface area contributed by atoms with Crippen molar-refractivity contribution in [3.8, 4) is 0 Å². The summed E-state index contributed by atoms with van der Waals surface area (Å²) in [6, 6.07) is 0. The summed E-state index contributed by atoms with van der Waals surface area (Å²) in [5.41, 5.74) is 4.81. The van der Waals surface area contributed by atoms with Crippen LogP contribution < -0.4 is 0 Å². The standard InChI is InChI=1S/C12H26OSi.C11H22OSi.C10H20OSi.C6H12O.C5H10O.C4H6O/c1-7-8-9-13-12(6)14(10(2)3)11(4)5;1-9(2)13(10(3)4)11-7-5-6-8-12-11;1-8(2)12(9(3)4)10-6-5-7-11-10;1-3-5-6-7-4-2;1-2-4-6-5-3-1;1-2-4-5-3-1/h10-11,14H,6-9H2,1-5H3;7,9-10,13H,5-6,8H2,1-4H3;6,8-9,12H,5,7H2,1-4H3;4H,2-3,5-6H2,1H3;1-5H2;1,3H,2,4H2. The van der Waals surface area contributed by atoms with Crippen LogP contribution in [0.1, 0.15) is 168 Å². The summed E-state index contributed by atoms with van der Waals surface area (Å²) < 4.78 is 31.9. The maximum atomic E-state index is 5.79. The molecule has 0 aromatic carbocycles. The molecule has 0 spiro atoms. The molecule has 4 aliphatic heterocycles. The number of rotatable bonds is 17. The third kappa shape index (κ3) is 30.9. The quantitative estimate of drug-likeness (QED) is 0.0825. The van der Waals surface area contributed by atoms with E-state index in [1.54, 1.807) is 6.26 Å². The Balaban J connectivity index is 0. The van der Waals surface area contributed by atoms with E-state index in [4.69, 9.17) is 28.4 Å². The van der Waals surface area contributed by atoms with Crippen LogP contribution in [-0.4, -0.2) is 72.6 Å². The van der Waals surface area contributed by atoms with Gasteiger partial charge in [0, 0.05) is 26.1 Å². The van der Waals surface area contributed by atoms with Crippen LogP contribution in [0.15, 0.2) is 60.1 Å². The van der Waals surface area contributed by atoms with Crippen LogP contribution >= 0.6 is 0 Å². The average Bonchev–Trinajstić information content (AvgIpc) is 3.92. The Kier molecular flexibility index (Phi) is 38.8. The van der Waals surface area contributed by atoms with E-state index in [0.29, 0.717) is 0 Å². The Morgan fingerprint density at radius 1 is 0.632 bits per heavy atom. The van der Waals surface area contributed by atoms with E-state index in [9.17, 15) is 0 Å². The highest BCUT2D eigenvalue weighted by Gasteiger charge is 2.28. The molecule has 0 unspecified atom stereocenters. The first kappa shape index (κ1) is 57.4. The van der Waals surface area contributed by atoms with E-state index in [1.165, 1.54) is 62.0 Å². The van der Waals surface area contributed by atoms with Gasteiger partial charge >= 0.3 is 0 Å². The van der Waals surface area contributed by atoms with Crippen LogP contribution in [0.2, 0.25) is 33.2 Å². The van der Waals surface area contributed by atoms with Crippen LogP contribution in [0.25, 0.3) is 0 Å². The lowest BCUT2D eigenvalue weighted by atomic mass is 10.2. The van der Waals surface area contributed by atoms with Crippen molar-refractivity contribution in [3.63, 3.8) is 0 Å². The van der Waals surface area contributed by atoms with Crippen molar-refractivity contribution in [3.05, 3.63) is 60.1 Å². The van der Waals surface area contributed by atoms with Crippen molar-refractivity contribution < 1.29 is 28.4 Å². The van der Waals surface area contributed by atoms with E-state index in [2.05, 4.69) is 122 Å². The zero-order valence-corrected chi connectivity index (χ0v) is 43.6. The minimum absolute atomic E-state index is 0.754. The van der Waals surface area contributed by atoms with Gasteiger partial charge in [0.1, 0.15) is 26.4 Å². The van der Waals surface area contributed by atoms with E-state index < -0.39 is 26.4 Å². The van der Waals surface area contributed by atoms with Crippen LogP contribution in [0.5, 0.6) is 0 Å². The molecule has 57 heavy (non-hydrogen) atoms. The first-order valence-corrected chi connectivity index (χ1v) is 28.9. The summed E-state index contributed by atoms with van der Waals surface area (Å²) in [7, 11) is -2.55. The smallest absolute Gasteiger partial charge is 0.120 e. The fourth-order valence-electron chi connectivity index (χ4n) is 7.63. The molecule has 0 atom stereocenters. The predicted octanol–water partition coefficient (Wildman–Crippen LogP) is 14.1. The monoisotopic (exact) mass is 853 g/mol. The lowest BCUT2D eigenvalue weighted by Gasteiger charge is -2.28. The lowest BCUT2D eigenvalue weighted by molar-refractivity contribution is 0.0968. The van der Waals surface area contributed by atoms with E-state index in [-0.39, 0.29) is 0 Å². The summed E-state index contributed by atoms with van der Waals surface area (Å²) in [5.74, 6) is 0. The van der Waals surface area contributed by atoms with Crippen molar-refractivity contribution in [2.75, 3.05) is 46.2 Å². The number of ether oxygens (including phenoxy) is 6. The van der Waals surface area contributed by atoms with Gasteiger partial charge in [0.25, 0.3) is 0 Å². The van der Waals surface area contributed by atoms with Crippen molar-refractivity contribution in [1.29, 1.82) is 0 Å². The van der Waals surface area contributed by atoms with E-state index in [1.807, 2.05) is 6.08 Å². The van der Waals surface area contributed by atoms with E-state index in [0.717, 1.165) is 111 Å². The highest BCUT2D eigenvalue weighted by molar-refractivity contribution is 6.69. The third-order valence-corrected chi connectivity index (χ3v) is 21.9. The summed E-state index contributed by atoms with van der Waals surface area (Å²) in [6.45, 7) is 46.2. The molecule has 0 amide bonds. The molecule has 4 heterocycles. The number of allylic oxidation sites excluding steroid dienone is 1. The van der Waals surface area contributed by atoms with Crippen molar-refractivity contribution in [1.82, 2.24) is 0 Å². The molecular weight excluding hydrogens is 757 g/mol. The fraction of sp³-hybridized carbons (Fsp3) is 0.792.